The minimum absolute atomic E-state index is 0.00355. The molecule has 2 atom stereocenters. The van der Waals surface area contributed by atoms with Gasteiger partial charge in [-0.15, -0.1) is 0 Å². The Hall–Kier alpha value is -2.09. The summed E-state index contributed by atoms with van der Waals surface area (Å²) in [5.41, 5.74) is 1.32. The summed E-state index contributed by atoms with van der Waals surface area (Å²) in [5.74, 6) is 0.396. The number of alkyl halides is 3. The third kappa shape index (κ3) is 4.19. The van der Waals surface area contributed by atoms with Crippen LogP contribution in [0, 0.1) is 5.92 Å². The number of rotatable bonds is 3. The molecule has 1 aliphatic heterocycles. The molecule has 1 fully saturated rings. The molecule has 4 rings (SSSR count). The monoisotopic (exact) mass is 435 g/mol. The molecule has 1 saturated heterocycles. The number of carbonyl (C=O) groups excluding carboxylic acids is 1. The van der Waals surface area contributed by atoms with Crippen LogP contribution in [0.2, 0.25) is 0 Å². The van der Waals surface area contributed by atoms with E-state index in [1.165, 1.54) is 0 Å². The molecule has 0 unspecified atom stereocenters. The van der Waals surface area contributed by atoms with Crippen LogP contribution in [0.4, 0.5) is 13.2 Å². The number of halogens is 3. The fourth-order valence-electron chi connectivity index (χ4n) is 4.30. The summed E-state index contributed by atoms with van der Waals surface area (Å²) in [6, 6.07) is 7.56. The summed E-state index contributed by atoms with van der Waals surface area (Å²) in [6.45, 7) is 4.81. The van der Waals surface area contributed by atoms with E-state index in [1.54, 1.807) is 12.1 Å². The smallest absolute Gasteiger partial charge is 0.339 e. The lowest BCUT2D eigenvalue weighted by Crippen LogP contribution is -2.45. The number of hydrogen-bond acceptors (Lipinski definition) is 4. The Bertz CT molecular complexity index is 963. The van der Waals surface area contributed by atoms with Crippen LogP contribution in [-0.4, -0.2) is 39.1 Å². The van der Waals surface area contributed by atoms with Gasteiger partial charge in [0.05, 0.1) is 11.4 Å². The van der Waals surface area contributed by atoms with Gasteiger partial charge < -0.3 is 4.90 Å². The molecule has 8 heteroatoms. The third-order valence-electron chi connectivity index (χ3n) is 5.93. The first-order valence-electron chi connectivity index (χ1n) is 10.2. The van der Waals surface area contributed by atoms with Gasteiger partial charge in [0.25, 0.3) is 0 Å². The molecule has 0 radical (unpaired) electrons. The number of thioether (sulfide) groups is 1. The predicted molar refractivity (Wildman–Crippen MR) is 110 cm³/mol. The van der Waals surface area contributed by atoms with Crippen LogP contribution >= 0.6 is 11.8 Å². The molecule has 1 aromatic heterocycles. The highest BCUT2D eigenvalue weighted by molar-refractivity contribution is 7.99. The number of piperidine rings is 1. The average molecular weight is 436 g/mol. The zero-order chi connectivity index (χ0) is 21.5. The van der Waals surface area contributed by atoms with Gasteiger partial charge in [-0.1, -0.05) is 43.0 Å². The van der Waals surface area contributed by atoms with Crippen molar-refractivity contribution in [2.75, 3.05) is 12.3 Å². The topological polar surface area (TPSA) is 46.1 Å². The molecule has 0 N–H and O–H groups in total. The zero-order valence-electron chi connectivity index (χ0n) is 17.0. The molecular weight excluding hydrogens is 411 g/mol. The van der Waals surface area contributed by atoms with Gasteiger partial charge in [-0.3, -0.25) is 4.79 Å². The van der Waals surface area contributed by atoms with E-state index in [1.807, 2.05) is 24.0 Å². The first-order valence-corrected chi connectivity index (χ1v) is 11.2. The van der Waals surface area contributed by atoms with Crippen molar-refractivity contribution in [2.45, 2.75) is 56.9 Å². The summed E-state index contributed by atoms with van der Waals surface area (Å²) in [6.07, 6.45) is -1.74. The quantitative estimate of drug-likeness (QED) is 0.503. The number of nitrogens with zero attached hydrogens (tertiary/aromatic N) is 3. The second-order valence-electron chi connectivity index (χ2n) is 8.20. The summed E-state index contributed by atoms with van der Waals surface area (Å²) >= 11 is 0.990. The molecule has 30 heavy (non-hydrogen) atoms. The lowest BCUT2D eigenvalue weighted by atomic mass is 9.88. The van der Waals surface area contributed by atoms with Crippen molar-refractivity contribution in [3.63, 3.8) is 0 Å². The SMILES string of the molecule is C[C@H]1CC[C@@H](C)N(C(=O)CSc2nc3c(c(C(F)(F)F)n2)CCc2ccccc2-3)C1. The van der Waals surface area contributed by atoms with Gasteiger partial charge in [-0.2, -0.15) is 13.2 Å². The average Bonchev–Trinajstić information content (AvgIpc) is 2.72. The Morgan fingerprint density at radius 3 is 2.70 bits per heavy atom. The first kappa shape index (κ1) is 21.2. The maximum absolute atomic E-state index is 13.7. The first-order chi connectivity index (χ1) is 14.2. The van der Waals surface area contributed by atoms with E-state index < -0.39 is 11.9 Å². The van der Waals surface area contributed by atoms with Crippen LogP contribution in [0.1, 0.15) is 43.5 Å². The van der Waals surface area contributed by atoms with E-state index >= 15 is 0 Å². The molecule has 1 aliphatic carbocycles. The highest BCUT2D eigenvalue weighted by Crippen LogP contribution is 2.40. The van der Waals surface area contributed by atoms with Crippen molar-refractivity contribution < 1.29 is 18.0 Å². The van der Waals surface area contributed by atoms with Crippen molar-refractivity contribution in [1.29, 1.82) is 0 Å². The maximum Gasteiger partial charge on any atom is 0.433 e. The van der Waals surface area contributed by atoms with E-state index in [4.69, 9.17) is 0 Å². The summed E-state index contributed by atoms with van der Waals surface area (Å²) in [7, 11) is 0. The van der Waals surface area contributed by atoms with Crippen LogP contribution in [0.5, 0.6) is 0 Å². The minimum atomic E-state index is -4.56. The van der Waals surface area contributed by atoms with Gasteiger partial charge in [-0.05, 0) is 44.1 Å². The molecule has 1 amide bonds. The number of aryl methyl sites for hydroxylation is 1. The number of fused-ring (bicyclic) bond motifs is 3. The fourth-order valence-corrected chi connectivity index (χ4v) is 5.03. The molecule has 4 nitrogen and oxygen atoms in total. The van der Waals surface area contributed by atoms with Gasteiger partial charge in [0.1, 0.15) is 0 Å². The van der Waals surface area contributed by atoms with Crippen molar-refractivity contribution in [2.24, 2.45) is 5.92 Å². The molecule has 2 heterocycles. The van der Waals surface area contributed by atoms with E-state index in [-0.39, 0.29) is 34.8 Å². The van der Waals surface area contributed by atoms with Gasteiger partial charge in [-0.25, -0.2) is 9.97 Å². The van der Waals surface area contributed by atoms with Crippen molar-refractivity contribution in [1.82, 2.24) is 14.9 Å². The van der Waals surface area contributed by atoms with Crippen LogP contribution in [0.25, 0.3) is 11.3 Å². The second-order valence-corrected chi connectivity index (χ2v) is 9.15. The number of benzene rings is 1. The summed E-state index contributed by atoms with van der Waals surface area (Å²) in [5, 5.41) is 0.00355. The number of carbonyl (C=O) groups is 1. The van der Waals surface area contributed by atoms with Crippen molar-refractivity contribution in [3.05, 3.63) is 41.1 Å². The Kier molecular flexibility index (Phi) is 5.79. The summed E-state index contributed by atoms with van der Waals surface area (Å²) < 4.78 is 41.2. The van der Waals surface area contributed by atoms with Gasteiger partial charge >= 0.3 is 6.18 Å². The number of aromatic nitrogens is 2. The van der Waals surface area contributed by atoms with Crippen LogP contribution in [0.3, 0.4) is 0 Å². The molecule has 0 spiro atoms. The Morgan fingerprint density at radius 1 is 1.17 bits per heavy atom. The van der Waals surface area contributed by atoms with Crippen molar-refractivity contribution >= 4 is 17.7 Å². The molecular formula is C22H24F3N3OS. The lowest BCUT2D eigenvalue weighted by Gasteiger charge is -2.36. The van der Waals surface area contributed by atoms with E-state index in [9.17, 15) is 18.0 Å². The minimum Gasteiger partial charge on any atom is -0.339 e. The summed E-state index contributed by atoms with van der Waals surface area (Å²) in [4.78, 5) is 22.9. The Morgan fingerprint density at radius 2 is 1.93 bits per heavy atom. The molecule has 1 aromatic carbocycles. The predicted octanol–water partition coefficient (Wildman–Crippen LogP) is 5.00. The Balaban J connectivity index is 1.62. The normalized spacial score (nSPS) is 21.2. The van der Waals surface area contributed by atoms with E-state index in [2.05, 4.69) is 16.9 Å². The third-order valence-corrected chi connectivity index (χ3v) is 6.77. The molecule has 2 aromatic rings. The molecule has 160 valence electrons. The highest BCUT2D eigenvalue weighted by atomic mass is 32.2. The Labute approximate surface area is 178 Å². The number of hydrogen-bond donors (Lipinski definition) is 0. The lowest BCUT2D eigenvalue weighted by molar-refractivity contribution is -0.142. The number of likely N-dealkylation sites (tertiary alicyclic amines) is 1. The zero-order valence-corrected chi connectivity index (χ0v) is 17.8. The largest absolute Gasteiger partial charge is 0.433 e. The molecule has 2 aliphatic rings. The molecule has 0 saturated carbocycles. The van der Waals surface area contributed by atoms with Gasteiger partial charge in [0.2, 0.25) is 5.91 Å². The number of amides is 1. The highest BCUT2D eigenvalue weighted by Gasteiger charge is 2.39. The van der Waals surface area contributed by atoms with Gasteiger partial charge in [0.15, 0.2) is 10.9 Å². The van der Waals surface area contributed by atoms with E-state index in [0.717, 1.165) is 35.7 Å². The van der Waals surface area contributed by atoms with Crippen LogP contribution in [-0.2, 0) is 23.8 Å². The van der Waals surface area contributed by atoms with Gasteiger partial charge in [0, 0.05) is 23.7 Å². The molecule has 0 bridgehead atoms. The van der Waals surface area contributed by atoms with Crippen LogP contribution in [0.15, 0.2) is 29.4 Å². The standard InChI is InChI=1S/C22H24F3N3OS/c1-13-7-8-14(2)28(11-13)18(29)12-30-21-26-19-16-6-4-3-5-15(16)9-10-17(19)20(27-21)22(23,24)25/h3-6,13-14H,7-12H2,1-2H3/t13-,14+/m0/s1. The van der Waals surface area contributed by atoms with Crippen molar-refractivity contribution in [3.8, 4) is 11.3 Å². The van der Waals surface area contributed by atoms with Crippen LogP contribution < -0.4 is 0 Å². The fraction of sp³-hybridized carbons (Fsp3) is 0.500. The second kappa shape index (κ2) is 8.21. The van der Waals surface area contributed by atoms with E-state index in [0.29, 0.717) is 24.6 Å². The maximum atomic E-state index is 13.7.